The van der Waals surface area contributed by atoms with Gasteiger partial charge in [-0.15, -0.1) is 0 Å². The first-order valence-corrected chi connectivity index (χ1v) is 6.72. The van der Waals surface area contributed by atoms with Crippen molar-refractivity contribution < 1.29 is 14.7 Å². The predicted octanol–water partition coefficient (Wildman–Crippen LogP) is 2.92. The van der Waals surface area contributed by atoms with E-state index in [4.69, 9.17) is 5.11 Å². The van der Waals surface area contributed by atoms with Gasteiger partial charge in [-0.2, -0.15) is 0 Å². The van der Waals surface area contributed by atoms with Gasteiger partial charge in [0.25, 0.3) is 0 Å². The van der Waals surface area contributed by atoms with Gasteiger partial charge in [-0.25, -0.2) is 9.59 Å². The van der Waals surface area contributed by atoms with Crippen molar-refractivity contribution in [2.24, 2.45) is 5.92 Å². The molecule has 0 saturated carbocycles. The van der Waals surface area contributed by atoms with Gasteiger partial charge >= 0.3 is 12.0 Å². The largest absolute Gasteiger partial charge is 0.480 e. The normalized spacial score (nSPS) is 13.4. The molecule has 5 nitrogen and oxygen atoms in total. The van der Waals surface area contributed by atoms with Crippen LogP contribution in [0.5, 0.6) is 0 Å². The number of hydrogen-bond acceptors (Lipinski definition) is 2. The molecule has 110 valence electrons. The van der Waals surface area contributed by atoms with Crippen LogP contribution in [0.1, 0.15) is 31.4 Å². The van der Waals surface area contributed by atoms with E-state index >= 15 is 0 Å². The van der Waals surface area contributed by atoms with E-state index < -0.39 is 18.0 Å². The summed E-state index contributed by atoms with van der Waals surface area (Å²) in [6.45, 7) is 7.52. The summed E-state index contributed by atoms with van der Waals surface area (Å²) >= 11 is 0. The first-order valence-electron chi connectivity index (χ1n) is 6.72. The molecule has 1 aromatic carbocycles. The molecule has 0 heterocycles. The Balaban J connectivity index is 2.75. The summed E-state index contributed by atoms with van der Waals surface area (Å²) in [6.07, 6.45) is 0.681. The maximum absolute atomic E-state index is 11.9. The number of hydrogen-bond donors (Lipinski definition) is 3. The van der Waals surface area contributed by atoms with Crippen LogP contribution in [0, 0.1) is 19.8 Å². The highest BCUT2D eigenvalue weighted by Gasteiger charge is 2.25. The molecule has 20 heavy (non-hydrogen) atoms. The van der Waals surface area contributed by atoms with E-state index in [0.29, 0.717) is 12.1 Å². The number of carboxylic acids is 1. The Kier molecular flexibility index (Phi) is 5.55. The smallest absolute Gasteiger partial charge is 0.326 e. The zero-order valence-electron chi connectivity index (χ0n) is 12.4. The van der Waals surface area contributed by atoms with Gasteiger partial charge in [-0.3, -0.25) is 0 Å². The van der Waals surface area contributed by atoms with Crippen LogP contribution in [0.3, 0.4) is 0 Å². The molecule has 5 heteroatoms. The number of nitrogens with one attached hydrogen (secondary N) is 2. The Hall–Kier alpha value is -2.04. The van der Waals surface area contributed by atoms with E-state index in [1.807, 2.05) is 39.0 Å². The molecule has 3 N–H and O–H groups in total. The van der Waals surface area contributed by atoms with Gasteiger partial charge in [0.1, 0.15) is 6.04 Å². The van der Waals surface area contributed by atoms with Crippen LogP contribution in [0.2, 0.25) is 0 Å². The van der Waals surface area contributed by atoms with Crippen molar-refractivity contribution in [1.29, 1.82) is 0 Å². The number of amides is 2. The van der Waals surface area contributed by atoms with Crippen LogP contribution in [0.15, 0.2) is 18.2 Å². The molecule has 2 atom stereocenters. The van der Waals surface area contributed by atoms with Gasteiger partial charge in [-0.05, 0) is 37.0 Å². The first-order chi connectivity index (χ1) is 9.35. The van der Waals surface area contributed by atoms with Crippen molar-refractivity contribution in [1.82, 2.24) is 5.32 Å². The Morgan fingerprint density at radius 3 is 2.50 bits per heavy atom. The highest BCUT2D eigenvalue weighted by molar-refractivity contribution is 5.93. The molecule has 0 saturated heterocycles. The van der Waals surface area contributed by atoms with Gasteiger partial charge in [-0.1, -0.05) is 32.4 Å². The van der Waals surface area contributed by atoms with Crippen molar-refractivity contribution >= 4 is 17.7 Å². The van der Waals surface area contributed by atoms with Gasteiger partial charge < -0.3 is 15.7 Å². The SMILES string of the molecule is CC[C@H](C)[C@H](NC(=O)Nc1cc(C)ccc1C)C(=O)O. The second-order valence-electron chi connectivity index (χ2n) is 5.12. The average Bonchev–Trinajstić information content (AvgIpc) is 2.39. The number of benzene rings is 1. The summed E-state index contributed by atoms with van der Waals surface area (Å²) in [5.74, 6) is -1.15. The molecule has 0 bridgehead atoms. The molecule has 1 rings (SSSR count). The summed E-state index contributed by atoms with van der Waals surface area (Å²) in [7, 11) is 0. The van der Waals surface area contributed by atoms with Gasteiger partial charge in [0.05, 0.1) is 0 Å². The fourth-order valence-corrected chi connectivity index (χ4v) is 1.85. The zero-order chi connectivity index (χ0) is 15.3. The third-order valence-electron chi connectivity index (χ3n) is 3.41. The first kappa shape index (κ1) is 16.0. The summed E-state index contributed by atoms with van der Waals surface area (Å²) in [5.41, 5.74) is 2.65. The molecule has 0 aliphatic rings. The van der Waals surface area contributed by atoms with Crippen molar-refractivity contribution in [3.8, 4) is 0 Å². The van der Waals surface area contributed by atoms with Crippen LogP contribution in [0.4, 0.5) is 10.5 Å². The summed E-state index contributed by atoms with van der Waals surface area (Å²) < 4.78 is 0. The molecule has 0 fully saturated rings. The van der Waals surface area contributed by atoms with Crippen LogP contribution in [-0.2, 0) is 4.79 Å². The highest BCUT2D eigenvalue weighted by Crippen LogP contribution is 2.16. The van der Waals surface area contributed by atoms with Crippen molar-refractivity contribution in [2.45, 2.75) is 40.2 Å². The second kappa shape index (κ2) is 6.93. The van der Waals surface area contributed by atoms with E-state index in [0.717, 1.165) is 11.1 Å². The van der Waals surface area contributed by atoms with Crippen LogP contribution in [-0.4, -0.2) is 23.1 Å². The van der Waals surface area contributed by atoms with Crippen LogP contribution < -0.4 is 10.6 Å². The number of anilines is 1. The van der Waals surface area contributed by atoms with E-state index in [1.54, 1.807) is 6.92 Å². The highest BCUT2D eigenvalue weighted by atomic mass is 16.4. The minimum Gasteiger partial charge on any atom is -0.480 e. The number of carboxylic acid groups (broad SMARTS) is 1. The number of aryl methyl sites for hydroxylation is 2. The van der Waals surface area contributed by atoms with Crippen molar-refractivity contribution in [3.63, 3.8) is 0 Å². The Bertz CT molecular complexity index is 500. The quantitative estimate of drug-likeness (QED) is 0.775. The average molecular weight is 278 g/mol. The zero-order valence-corrected chi connectivity index (χ0v) is 12.4. The topological polar surface area (TPSA) is 78.4 Å². The van der Waals surface area contributed by atoms with Gasteiger partial charge in [0.2, 0.25) is 0 Å². The maximum atomic E-state index is 11.9. The molecule has 0 aliphatic heterocycles. The minimum atomic E-state index is -1.02. The molecule has 0 radical (unpaired) electrons. The molecular weight excluding hydrogens is 256 g/mol. The Morgan fingerprint density at radius 2 is 1.95 bits per heavy atom. The van der Waals surface area contributed by atoms with Gasteiger partial charge in [0.15, 0.2) is 0 Å². The summed E-state index contributed by atoms with van der Waals surface area (Å²) in [5, 5.41) is 14.4. The predicted molar refractivity (Wildman–Crippen MR) is 78.9 cm³/mol. The van der Waals surface area contributed by atoms with Crippen LogP contribution in [0.25, 0.3) is 0 Å². The third-order valence-corrected chi connectivity index (χ3v) is 3.41. The summed E-state index contributed by atoms with van der Waals surface area (Å²) in [6, 6.07) is 4.34. The molecular formula is C15H22N2O3. The second-order valence-corrected chi connectivity index (χ2v) is 5.12. The fraction of sp³-hybridized carbons (Fsp3) is 0.467. The van der Waals surface area contributed by atoms with Crippen molar-refractivity contribution in [2.75, 3.05) is 5.32 Å². The number of aliphatic carboxylic acids is 1. The van der Waals surface area contributed by atoms with E-state index in [2.05, 4.69) is 10.6 Å². The molecule has 0 unspecified atom stereocenters. The Morgan fingerprint density at radius 1 is 1.30 bits per heavy atom. The van der Waals surface area contributed by atoms with E-state index in [-0.39, 0.29) is 5.92 Å². The minimum absolute atomic E-state index is 0.128. The fourth-order valence-electron chi connectivity index (χ4n) is 1.85. The monoisotopic (exact) mass is 278 g/mol. The molecule has 1 aromatic rings. The van der Waals surface area contributed by atoms with Crippen molar-refractivity contribution in [3.05, 3.63) is 29.3 Å². The molecule has 0 aliphatic carbocycles. The van der Waals surface area contributed by atoms with E-state index in [9.17, 15) is 9.59 Å². The summed E-state index contributed by atoms with van der Waals surface area (Å²) in [4.78, 5) is 23.1. The number of urea groups is 1. The maximum Gasteiger partial charge on any atom is 0.326 e. The standard InChI is InChI=1S/C15H22N2O3/c1-5-10(3)13(14(18)19)17-15(20)16-12-8-9(2)6-7-11(12)4/h6-8,10,13H,5H2,1-4H3,(H,18,19)(H2,16,17,20)/t10-,13-/m0/s1. The number of carbonyl (C=O) groups is 2. The lowest BCUT2D eigenvalue weighted by atomic mass is 9.99. The molecule has 2 amide bonds. The van der Waals surface area contributed by atoms with Crippen LogP contribution >= 0.6 is 0 Å². The van der Waals surface area contributed by atoms with Gasteiger partial charge in [0, 0.05) is 5.69 Å². The lowest BCUT2D eigenvalue weighted by Crippen LogP contribution is -2.46. The lowest BCUT2D eigenvalue weighted by molar-refractivity contribution is -0.140. The molecule has 0 aromatic heterocycles. The number of rotatable bonds is 5. The molecule has 0 spiro atoms. The third kappa shape index (κ3) is 4.26. The lowest BCUT2D eigenvalue weighted by Gasteiger charge is -2.20. The number of carbonyl (C=O) groups excluding carboxylic acids is 1. The van der Waals surface area contributed by atoms with E-state index in [1.165, 1.54) is 0 Å². The Labute approximate surface area is 119 Å².